The van der Waals surface area contributed by atoms with Crippen LogP contribution in [-0.2, 0) is 19.4 Å². The van der Waals surface area contributed by atoms with Crippen molar-refractivity contribution in [1.82, 2.24) is 14.3 Å². The Morgan fingerprint density at radius 1 is 1.17 bits per heavy atom. The number of aryl methyl sites for hydroxylation is 1. The van der Waals surface area contributed by atoms with E-state index in [0.717, 1.165) is 33.6 Å². The number of imidazole rings is 1. The van der Waals surface area contributed by atoms with Crippen molar-refractivity contribution < 1.29 is 27.5 Å². The minimum atomic E-state index is -4.60. The maximum Gasteiger partial charge on any atom is 0.573 e. The number of amides is 1. The lowest BCUT2D eigenvalue weighted by Crippen LogP contribution is -2.36. The molecule has 0 saturated carbocycles. The molecule has 0 bridgehead atoms. The highest BCUT2D eigenvalue weighted by Crippen LogP contribution is 2.30. The molecule has 5 rings (SSSR count). The SMILES string of the molecule is CC(=O)c1csc2c1CCN(C(=O)c1cnc3ccccn13)C2.CCc1cccc(OC(F)(F)F)c1. The maximum atomic E-state index is 12.8. The molecule has 3 aromatic heterocycles. The molecule has 4 heterocycles. The molecule has 0 N–H and O–H groups in total. The zero-order chi connectivity index (χ0) is 25.9. The molecule has 1 aliphatic heterocycles. The number of carbonyl (C=O) groups excluding carboxylic acids is 2. The molecule has 1 aromatic carbocycles. The number of rotatable bonds is 4. The van der Waals surface area contributed by atoms with Crippen LogP contribution < -0.4 is 4.74 Å². The third-order valence-corrected chi connectivity index (χ3v) is 6.80. The number of pyridine rings is 1. The lowest BCUT2D eigenvalue weighted by molar-refractivity contribution is -0.274. The maximum absolute atomic E-state index is 12.8. The Morgan fingerprint density at radius 2 is 1.97 bits per heavy atom. The van der Waals surface area contributed by atoms with E-state index in [1.165, 1.54) is 12.1 Å². The van der Waals surface area contributed by atoms with Crippen molar-refractivity contribution in [3.05, 3.63) is 87.5 Å². The van der Waals surface area contributed by atoms with Gasteiger partial charge in [0.15, 0.2) is 5.78 Å². The number of benzene rings is 1. The zero-order valence-electron chi connectivity index (χ0n) is 19.7. The first-order valence-electron chi connectivity index (χ1n) is 11.3. The number of ether oxygens (including phenoxy) is 1. The lowest BCUT2D eigenvalue weighted by Gasteiger charge is -2.27. The number of thiophene rings is 1. The smallest absolute Gasteiger partial charge is 0.406 e. The zero-order valence-corrected chi connectivity index (χ0v) is 20.5. The van der Waals surface area contributed by atoms with Crippen molar-refractivity contribution in [3.8, 4) is 5.75 Å². The van der Waals surface area contributed by atoms with Gasteiger partial charge in [-0.2, -0.15) is 0 Å². The molecule has 0 spiro atoms. The number of fused-ring (bicyclic) bond motifs is 2. The third kappa shape index (κ3) is 5.76. The highest BCUT2D eigenvalue weighted by atomic mass is 32.1. The van der Waals surface area contributed by atoms with Crippen molar-refractivity contribution in [2.75, 3.05) is 6.54 Å². The van der Waals surface area contributed by atoms with Crippen LogP contribution in [0.25, 0.3) is 5.65 Å². The van der Waals surface area contributed by atoms with Gasteiger partial charge in [-0.25, -0.2) is 4.98 Å². The van der Waals surface area contributed by atoms with Crippen molar-refractivity contribution >= 4 is 28.7 Å². The molecule has 188 valence electrons. The summed E-state index contributed by atoms with van der Waals surface area (Å²) in [6, 6.07) is 11.6. The van der Waals surface area contributed by atoms with Crippen LogP contribution >= 0.6 is 11.3 Å². The number of alkyl halides is 3. The number of hydrogen-bond acceptors (Lipinski definition) is 5. The normalized spacial score (nSPS) is 13.1. The Morgan fingerprint density at radius 3 is 2.69 bits per heavy atom. The van der Waals surface area contributed by atoms with Gasteiger partial charge >= 0.3 is 6.36 Å². The molecule has 0 saturated heterocycles. The standard InChI is InChI=1S/C17H15N3O2S.C9H9F3O/c1-11(21)13-10-23-15-9-19(7-5-12(13)15)17(22)14-8-18-16-4-2-3-6-20(14)16;1-2-7-4-3-5-8(6-7)13-9(10,11)12/h2-4,6,8,10H,5,7,9H2,1H3;3-6H,2H2,1H3. The van der Waals surface area contributed by atoms with Crippen LogP contribution in [0, 0.1) is 0 Å². The number of halogens is 3. The van der Waals surface area contributed by atoms with Gasteiger partial charge in [0, 0.05) is 28.6 Å². The van der Waals surface area contributed by atoms with E-state index in [-0.39, 0.29) is 17.4 Å². The highest BCUT2D eigenvalue weighted by molar-refractivity contribution is 7.10. The van der Waals surface area contributed by atoms with Crippen LogP contribution in [0.1, 0.15) is 50.7 Å². The summed E-state index contributed by atoms with van der Waals surface area (Å²) in [6.45, 7) is 4.65. The second-order valence-corrected chi connectivity index (χ2v) is 9.17. The van der Waals surface area contributed by atoms with Crippen molar-refractivity contribution in [2.24, 2.45) is 0 Å². The second kappa shape index (κ2) is 10.5. The molecule has 1 aliphatic rings. The molecular weight excluding hydrogens is 491 g/mol. The van der Waals surface area contributed by atoms with E-state index in [1.54, 1.807) is 36.6 Å². The summed E-state index contributed by atoms with van der Waals surface area (Å²) < 4.78 is 40.8. The summed E-state index contributed by atoms with van der Waals surface area (Å²) >= 11 is 1.57. The Bertz CT molecular complexity index is 1390. The molecule has 36 heavy (non-hydrogen) atoms. The largest absolute Gasteiger partial charge is 0.573 e. The lowest BCUT2D eigenvalue weighted by atomic mass is 10.0. The predicted molar refractivity (Wildman–Crippen MR) is 130 cm³/mol. The summed E-state index contributed by atoms with van der Waals surface area (Å²) in [7, 11) is 0. The van der Waals surface area contributed by atoms with Crippen LogP contribution in [0.5, 0.6) is 5.75 Å². The van der Waals surface area contributed by atoms with E-state index in [9.17, 15) is 22.8 Å². The Balaban J connectivity index is 0.000000200. The number of ketones is 1. The summed E-state index contributed by atoms with van der Waals surface area (Å²) in [5, 5.41) is 1.91. The average Bonchev–Trinajstić information content (AvgIpc) is 3.47. The van der Waals surface area contributed by atoms with Crippen LogP contribution in [0.3, 0.4) is 0 Å². The first-order valence-corrected chi connectivity index (χ1v) is 12.2. The molecule has 0 aliphatic carbocycles. The van der Waals surface area contributed by atoms with Gasteiger partial charge in [0.25, 0.3) is 5.91 Å². The fourth-order valence-electron chi connectivity index (χ4n) is 4.01. The fourth-order valence-corrected chi connectivity index (χ4v) is 5.17. The summed E-state index contributed by atoms with van der Waals surface area (Å²) in [6.07, 6.45) is 0.296. The quantitative estimate of drug-likeness (QED) is 0.316. The number of nitrogens with zero attached hydrogens (tertiary/aromatic N) is 3. The summed E-state index contributed by atoms with van der Waals surface area (Å²) in [5.41, 5.74) is 4.09. The van der Waals surface area contributed by atoms with E-state index < -0.39 is 6.36 Å². The van der Waals surface area contributed by atoms with Gasteiger partial charge in [-0.05, 0) is 55.2 Å². The number of hydrogen-bond donors (Lipinski definition) is 0. The number of carbonyl (C=O) groups is 2. The molecule has 0 unspecified atom stereocenters. The molecule has 6 nitrogen and oxygen atoms in total. The van der Waals surface area contributed by atoms with Gasteiger partial charge in [0.05, 0.1) is 12.7 Å². The molecule has 10 heteroatoms. The molecular formula is C26H24F3N3O3S. The minimum Gasteiger partial charge on any atom is -0.406 e. The first kappa shape index (κ1) is 25.4. The van der Waals surface area contributed by atoms with Gasteiger partial charge in [-0.15, -0.1) is 24.5 Å². The molecule has 1 amide bonds. The summed E-state index contributed by atoms with van der Waals surface area (Å²) in [4.78, 5) is 31.7. The fraction of sp³-hybridized carbons (Fsp3) is 0.269. The van der Waals surface area contributed by atoms with Crippen molar-refractivity contribution in [3.63, 3.8) is 0 Å². The van der Waals surface area contributed by atoms with Gasteiger partial charge in [-0.3, -0.25) is 14.0 Å². The molecule has 0 fully saturated rings. The average molecular weight is 516 g/mol. The molecule has 0 radical (unpaired) electrons. The summed E-state index contributed by atoms with van der Waals surface area (Å²) in [5.74, 6) is -0.0805. The van der Waals surface area contributed by atoms with E-state index in [1.807, 2.05) is 46.0 Å². The van der Waals surface area contributed by atoms with Crippen LogP contribution in [0.2, 0.25) is 0 Å². The number of Topliss-reactive ketones (excluding diaryl/α,β-unsaturated/α-hetero) is 1. The third-order valence-electron chi connectivity index (χ3n) is 5.79. The van der Waals surface area contributed by atoms with E-state index in [4.69, 9.17) is 0 Å². The van der Waals surface area contributed by atoms with Crippen LogP contribution in [0.4, 0.5) is 13.2 Å². The Labute approximate surface area is 210 Å². The van der Waals surface area contributed by atoms with E-state index in [2.05, 4.69) is 9.72 Å². The monoisotopic (exact) mass is 515 g/mol. The van der Waals surface area contributed by atoms with Crippen molar-refractivity contribution in [2.45, 2.75) is 39.6 Å². The van der Waals surface area contributed by atoms with Gasteiger partial charge < -0.3 is 9.64 Å². The second-order valence-electron chi connectivity index (χ2n) is 8.21. The Hall–Kier alpha value is -3.66. The minimum absolute atomic E-state index is 0.0212. The van der Waals surface area contributed by atoms with E-state index >= 15 is 0 Å². The topological polar surface area (TPSA) is 63.9 Å². The van der Waals surface area contributed by atoms with Gasteiger partial charge in [0.1, 0.15) is 17.1 Å². The van der Waals surface area contributed by atoms with Crippen molar-refractivity contribution in [1.29, 1.82) is 0 Å². The van der Waals surface area contributed by atoms with Gasteiger partial charge in [0.2, 0.25) is 0 Å². The number of aromatic nitrogens is 2. The van der Waals surface area contributed by atoms with E-state index in [0.29, 0.717) is 25.2 Å². The van der Waals surface area contributed by atoms with Crippen LogP contribution in [0.15, 0.2) is 60.2 Å². The van der Waals surface area contributed by atoms with Crippen LogP contribution in [-0.4, -0.2) is 38.9 Å². The van der Waals surface area contributed by atoms with Gasteiger partial charge in [-0.1, -0.05) is 25.1 Å². The molecule has 0 atom stereocenters. The predicted octanol–water partition coefficient (Wildman–Crippen LogP) is 5.94. The first-order chi connectivity index (χ1) is 17.2. The Kier molecular flexibility index (Phi) is 7.44. The molecule has 4 aromatic rings. The highest BCUT2D eigenvalue weighted by Gasteiger charge is 2.31.